The molecule has 7 nitrogen and oxygen atoms in total. The highest BCUT2D eigenvalue weighted by atomic mass is 32.2. The van der Waals surface area contributed by atoms with E-state index in [4.69, 9.17) is 9.47 Å². The molecule has 3 rings (SSSR count). The smallest absolute Gasteiger partial charge is 0.251 e. The lowest BCUT2D eigenvalue weighted by molar-refractivity contribution is 0.0939. The summed E-state index contributed by atoms with van der Waals surface area (Å²) < 4.78 is 37.3. The van der Waals surface area contributed by atoms with Crippen LogP contribution in [0.2, 0.25) is 0 Å². The molecule has 0 aromatic heterocycles. The molecule has 0 saturated heterocycles. The molecule has 0 aliphatic rings. The van der Waals surface area contributed by atoms with Crippen LogP contribution < -0.4 is 19.1 Å². The molecule has 1 unspecified atom stereocenters. The van der Waals surface area contributed by atoms with E-state index in [0.29, 0.717) is 22.7 Å². The number of anilines is 1. The van der Waals surface area contributed by atoms with Gasteiger partial charge in [-0.25, -0.2) is 8.42 Å². The molecule has 0 radical (unpaired) electrons. The maximum atomic E-state index is 12.9. The third-order valence-electron chi connectivity index (χ3n) is 5.83. The van der Waals surface area contributed by atoms with E-state index in [2.05, 4.69) is 5.32 Å². The third kappa shape index (κ3) is 6.33. The molecule has 0 bridgehead atoms. The van der Waals surface area contributed by atoms with E-state index >= 15 is 0 Å². The second kappa shape index (κ2) is 10.8. The van der Waals surface area contributed by atoms with E-state index in [-0.39, 0.29) is 18.5 Å². The fourth-order valence-corrected chi connectivity index (χ4v) is 4.77. The molecule has 35 heavy (non-hydrogen) atoms. The number of ether oxygens (including phenoxy) is 2. The largest absolute Gasteiger partial charge is 0.497 e. The molecule has 8 heteroatoms. The zero-order valence-electron chi connectivity index (χ0n) is 21.0. The number of rotatable bonds is 9. The van der Waals surface area contributed by atoms with Gasteiger partial charge in [0, 0.05) is 11.1 Å². The molecular formula is C27H32N2O5S. The summed E-state index contributed by atoms with van der Waals surface area (Å²) in [4.78, 5) is 12.9. The van der Waals surface area contributed by atoms with Crippen LogP contribution in [0.25, 0.3) is 0 Å². The van der Waals surface area contributed by atoms with E-state index in [0.717, 1.165) is 22.3 Å². The fraction of sp³-hybridized carbons (Fsp3) is 0.296. The number of hydrogen-bond acceptors (Lipinski definition) is 5. The van der Waals surface area contributed by atoms with Crippen molar-refractivity contribution in [3.63, 3.8) is 0 Å². The second-order valence-corrected chi connectivity index (χ2v) is 10.5. The number of nitrogens with zero attached hydrogens (tertiary/aromatic N) is 1. The number of amides is 1. The normalized spacial score (nSPS) is 12.1. The van der Waals surface area contributed by atoms with Gasteiger partial charge in [-0.15, -0.1) is 0 Å². The molecular weight excluding hydrogens is 464 g/mol. The highest BCUT2D eigenvalue weighted by Crippen LogP contribution is 2.30. The Morgan fingerprint density at radius 3 is 2.26 bits per heavy atom. The lowest BCUT2D eigenvalue weighted by Gasteiger charge is -2.25. The van der Waals surface area contributed by atoms with Gasteiger partial charge in [0.25, 0.3) is 5.91 Å². The zero-order valence-corrected chi connectivity index (χ0v) is 21.8. The van der Waals surface area contributed by atoms with Crippen molar-refractivity contribution in [1.29, 1.82) is 0 Å². The van der Waals surface area contributed by atoms with E-state index in [9.17, 15) is 13.2 Å². The molecule has 186 valence electrons. The van der Waals surface area contributed by atoms with Gasteiger partial charge in [-0.1, -0.05) is 24.3 Å². The molecule has 3 aromatic carbocycles. The Kier molecular flexibility index (Phi) is 8.07. The molecule has 1 atom stereocenters. The number of hydrogen-bond donors (Lipinski definition) is 1. The Morgan fingerprint density at radius 1 is 0.971 bits per heavy atom. The maximum Gasteiger partial charge on any atom is 0.251 e. The first-order valence-corrected chi connectivity index (χ1v) is 13.0. The second-order valence-electron chi connectivity index (χ2n) is 8.56. The van der Waals surface area contributed by atoms with Gasteiger partial charge in [0.2, 0.25) is 10.0 Å². The molecule has 0 spiro atoms. The van der Waals surface area contributed by atoms with Crippen LogP contribution in [0.4, 0.5) is 5.69 Å². The third-order valence-corrected chi connectivity index (χ3v) is 6.95. The summed E-state index contributed by atoms with van der Waals surface area (Å²) in [5.41, 5.74) is 4.55. The van der Waals surface area contributed by atoms with Crippen LogP contribution >= 0.6 is 0 Å². The summed E-state index contributed by atoms with van der Waals surface area (Å²) in [5.74, 6) is 1.08. The van der Waals surface area contributed by atoms with Crippen molar-refractivity contribution in [3.05, 3.63) is 88.5 Å². The van der Waals surface area contributed by atoms with Crippen molar-refractivity contribution in [1.82, 2.24) is 5.32 Å². The predicted octanol–water partition coefficient (Wildman–Crippen LogP) is 4.78. The van der Waals surface area contributed by atoms with Gasteiger partial charge in [0.15, 0.2) is 0 Å². The first kappa shape index (κ1) is 26.1. The fourth-order valence-electron chi connectivity index (χ4n) is 3.83. The summed E-state index contributed by atoms with van der Waals surface area (Å²) >= 11 is 0. The first-order chi connectivity index (χ1) is 16.5. The van der Waals surface area contributed by atoms with Gasteiger partial charge in [0.1, 0.15) is 11.5 Å². The molecule has 0 fully saturated rings. The molecule has 3 aromatic rings. The summed E-state index contributed by atoms with van der Waals surface area (Å²) in [6.07, 6.45) is 1.20. The predicted molar refractivity (Wildman–Crippen MR) is 139 cm³/mol. The van der Waals surface area contributed by atoms with E-state index in [1.807, 2.05) is 45.0 Å². The van der Waals surface area contributed by atoms with Crippen molar-refractivity contribution in [2.45, 2.75) is 33.4 Å². The molecule has 1 amide bonds. The quantitative estimate of drug-likeness (QED) is 0.461. The highest BCUT2D eigenvalue weighted by molar-refractivity contribution is 7.92. The van der Waals surface area contributed by atoms with Gasteiger partial charge < -0.3 is 14.8 Å². The SMILES string of the molecule is COc1ccc(OC)c(C(C)NC(=O)c2ccc(CN(c3cc(C)ccc3C)S(C)(=O)=O)cc2)c1. The number of aryl methyl sites for hydroxylation is 2. The number of sulfonamides is 1. The lowest BCUT2D eigenvalue weighted by Crippen LogP contribution is -2.30. The Bertz CT molecular complexity index is 1300. The van der Waals surface area contributed by atoms with Crippen LogP contribution in [0.3, 0.4) is 0 Å². The molecule has 0 saturated carbocycles. The topological polar surface area (TPSA) is 84.9 Å². The number of nitrogens with one attached hydrogen (secondary N) is 1. The van der Waals surface area contributed by atoms with Gasteiger partial charge in [-0.05, 0) is 73.9 Å². The van der Waals surface area contributed by atoms with Crippen LogP contribution in [-0.4, -0.2) is 34.8 Å². The van der Waals surface area contributed by atoms with Gasteiger partial charge in [0.05, 0.1) is 38.7 Å². The molecule has 0 aliphatic heterocycles. The van der Waals surface area contributed by atoms with Crippen molar-refractivity contribution < 1.29 is 22.7 Å². The Balaban J connectivity index is 1.78. The van der Waals surface area contributed by atoms with Crippen molar-refractivity contribution in [2.75, 3.05) is 24.8 Å². The van der Waals surface area contributed by atoms with E-state index < -0.39 is 10.0 Å². The Hall–Kier alpha value is -3.52. The monoisotopic (exact) mass is 496 g/mol. The van der Waals surface area contributed by atoms with Crippen molar-refractivity contribution in [3.8, 4) is 11.5 Å². The standard InChI is InChI=1S/C27H32N2O5S/c1-18-7-8-19(2)25(15-18)29(35(6,31)32)17-21-9-11-22(12-10-21)27(30)28-20(3)24-16-23(33-4)13-14-26(24)34-5/h7-16,20H,17H2,1-6H3,(H,28,30). The van der Waals surface area contributed by atoms with Gasteiger partial charge in [-0.2, -0.15) is 0 Å². The van der Waals surface area contributed by atoms with Crippen LogP contribution in [0.5, 0.6) is 11.5 Å². The van der Waals surface area contributed by atoms with Gasteiger partial charge >= 0.3 is 0 Å². The number of carbonyl (C=O) groups excluding carboxylic acids is 1. The van der Waals surface area contributed by atoms with Crippen molar-refractivity contribution >= 4 is 21.6 Å². The number of carbonyl (C=O) groups is 1. The molecule has 1 N–H and O–H groups in total. The average Bonchev–Trinajstić information content (AvgIpc) is 2.83. The maximum absolute atomic E-state index is 12.9. The minimum Gasteiger partial charge on any atom is -0.497 e. The minimum atomic E-state index is -3.51. The van der Waals surface area contributed by atoms with Crippen molar-refractivity contribution in [2.24, 2.45) is 0 Å². The van der Waals surface area contributed by atoms with Crippen LogP contribution in [-0.2, 0) is 16.6 Å². The first-order valence-electron chi connectivity index (χ1n) is 11.2. The van der Waals surface area contributed by atoms with Crippen LogP contribution in [0, 0.1) is 13.8 Å². The summed E-state index contributed by atoms with van der Waals surface area (Å²) in [5, 5.41) is 2.98. The summed E-state index contributed by atoms with van der Waals surface area (Å²) in [6.45, 7) is 5.86. The number of methoxy groups -OCH3 is 2. The van der Waals surface area contributed by atoms with Gasteiger partial charge in [-0.3, -0.25) is 9.10 Å². The summed E-state index contributed by atoms with van der Waals surface area (Å²) in [7, 11) is -0.344. The van der Waals surface area contributed by atoms with E-state index in [1.165, 1.54) is 10.6 Å². The highest BCUT2D eigenvalue weighted by Gasteiger charge is 2.21. The zero-order chi connectivity index (χ0) is 25.8. The van der Waals surface area contributed by atoms with E-state index in [1.54, 1.807) is 50.6 Å². The van der Waals surface area contributed by atoms with Crippen LogP contribution in [0.1, 0.15) is 45.6 Å². The molecule has 0 aliphatic carbocycles. The summed E-state index contributed by atoms with van der Waals surface area (Å²) in [6, 6.07) is 17.8. The Labute approximate surface area is 207 Å². The number of benzene rings is 3. The molecule has 0 heterocycles. The lowest BCUT2D eigenvalue weighted by atomic mass is 10.1. The minimum absolute atomic E-state index is 0.169. The average molecular weight is 497 g/mol. The van der Waals surface area contributed by atoms with Crippen LogP contribution in [0.15, 0.2) is 60.7 Å². The Morgan fingerprint density at radius 2 is 1.66 bits per heavy atom.